The van der Waals surface area contributed by atoms with Gasteiger partial charge in [0.2, 0.25) is 11.8 Å². The van der Waals surface area contributed by atoms with E-state index in [9.17, 15) is 9.59 Å². The van der Waals surface area contributed by atoms with Crippen molar-refractivity contribution in [1.82, 2.24) is 19.8 Å². The number of benzene rings is 1. The molecule has 0 radical (unpaired) electrons. The van der Waals surface area contributed by atoms with Gasteiger partial charge in [0.25, 0.3) is 0 Å². The minimum absolute atomic E-state index is 0.00807. The minimum atomic E-state index is -0.107. The van der Waals surface area contributed by atoms with Crippen LogP contribution in [0.1, 0.15) is 29.9 Å². The molecular weight excluding hydrogens is 394 g/mol. The van der Waals surface area contributed by atoms with E-state index in [4.69, 9.17) is 4.74 Å². The van der Waals surface area contributed by atoms with Crippen molar-refractivity contribution < 1.29 is 14.3 Å². The summed E-state index contributed by atoms with van der Waals surface area (Å²) in [5.41, 5.74) is 2.91. The molecule has 8 heteroatoms. The molecule has 2 aliphatic heterocycles. The fourth-order valence-corrected chi connectivity index (χ4v) is 4.09. The van der Waals surface area contributed by atoms with E-state index in [0.717, 1.165) is 29.8 Å². The Hall–Kier alpha value is -3.16. The van der Waals surface area contributed by atoms with E-state index in [-0.39, 0.29) is 24.6 Å². The minimum Gasteiger partial charge on any atom is -0.474 e. The Labute approximate surface area is 182 Å². The van der Waals surface area contributed by atoms with Crippen molar-refractivity contribution >= 4 is 17.6 Å². The van der Waals surface area contributed by atoms with Crippen LogP contribution in [-0.2, 0) is 4.79 Å². The summed E-state index contributed by atoms with van der Waals surface area (Å²) in [4.78, 5) is 39.4. The van der Waals surface area contributed by atoms with E-state index >= 15 is 0 Å². The maximum Gasteiger partial charge on any atom is 0.325 e. The standard InChI is InChI=1S/C23H29N5O3/c1-16-4-6-19(7-5-16)28-13-12-27(23(28)30)15-22(29)26-10-8-20(9-11-26)31-21-14-17(2)24-18(3)25-21/h4-7,14,20H,8-13,15H2,1-3H3. The number of anilines is 1. The third kappa shape index (κ3) is 4.95. The van der Waals surface area contributed by atoms with Gasteiger partial charge in [-0.25, -0.2) is 9.78 Å². The monoisotopic (exact) mass is 423 g/mol. The predicted molar refractivity (Wildman–Crippen MR) is 117 cm³/mol. The Balaban J connectivity index is 1.27. The molecule has 164 valence electrons. The zero-order chi connectivity index (χ0) is 22.0. The van der Waals surface area contributed by atoms with Crippen LogP contribution < -0.4 is 9.64 Å². The molecule has 2 aliphatic rings. The van der Waals surface area contributed by atoms with Crippen LogP contribution in [0.15, 0.2) is 30.3 Å². The zero-order valence-electron chi connectivity index (χ0n) is 18.4. The van der Waals surface area contributed by atoms with E-state index in [1.165, 1.54) is 0 Å². The number of aromatic nitrogens is 2. The molecule has 2 fully saturated rings. The summed E-state index contributed by atoms with van der Waals surface area (Å²) in [5.74, 6) is 1.28. The number of hydrogen-bond donors (Lipinski definition) is 0. The summed E-state index contributed by atoms with van der Waals surface area (Å²) in [6.07, 6.45) is 1.53. The molecule has 1 aromatic heterocycles. The molecule has 2 aromatic rings. The van der Waals surface area contributed by atoms with Gasteiger partial charge in [-0.15, -0.1) is 0 Å². The average molecular weight is 424 g/mol. The van der Waals surface area contributed by atoms with Gasteiger partial charge in [0.15, 0.2) is 0 Å². The number of likely N-dealkylation sites (tertiary alicyclic amines) is 1. The Morgan fingerprint density at radius 3 is 2.42 bits per heavy atom. The van der Waals surface area contributed by atoms with Gasteiger partial charge in [0.05, 0.1) is 0 Å². The summed E-state index contributed by atoms with van der Waals surface area (Å²) in [5, 5.41) is 0. The second-order valence-corrected chi connectivity index (χ2v) is 8.28. The van der Waals surface area contributed by atoms with E-state index in [1.807, 2.05) is 56.0 Å². The highest BCUT2D eigenvalue weighted by molar-refractivity contribution is 5.96. The molecule has 1 aromatic carbocycles. The molecule has 0 atom stereocenters. The second kappa shape index (κ2) is 8.91. The fraction of sp³-hybridized carbons (Fsp3) is 0.478. The van der Waals surface area contributed by atoms with Gasteiger partial charge >= 0.3 is 6.03 Å². The molecule has 2 saturated heterocycles. The Morgan fingerprint density at radius 1 is 1.03 bits per heavy atom. The summed E-state index contributed by atoms with van der Waals surface area (Å²) >= 11 is 0. The maximum atomic E-state index is 12.8. The molecule has 0 saturated carbocycles. The van der Waals surface area contributed by atoms with Crippen LogP contribution in [0.4, 0.5) is 10.5 Å². The van der Waals surface area contributed by atoms with Gasteiger partial charge in [0, 0.05) is 56.5 Å². The number of carbonyl (C=O) groups is 2. The highest BCUT2D eigenvalue weighted by Crippen LogP contribution is 2.22. The van der Waals surface area contributed by atoms with Gasteiger partial charge in [-0.3, -0.25) is 9.69 Å². The van der Waals surface area contributed by atoms with Crippen molar-refractivity contribution in [3.05, 3.63) is 47.4 Å². The van der Waals surface area contributed by atoms with Gasteiger partial charge in [-0.05, 0) is 32.9 Å². The Morgan fingerprint density at radius 2 is 1.74 bits per heavy atom. The second-order valence-electron chi connectivity index (χ2n) is 8.28. The summed E-state index contributed by atoms with van der Waals surface area (Å²) in [6, 6.07) is 9.61. The number of urea groups is 1. The maximum absolute atomic E-state index is 12.8. The first-order valence-corrected chi connectivity index (χ1v) is 10.8. The smallest absolute Gasteiger partial charge is 0.325 e. The number of amides is 3. The van der Waals surface area contributed by atoms with Gasteiger partial charge in [-0.1, -0.05) is 17.7 Å². The zero-order valence-corrected chi connectivity index (χ0v) is 18.4. The average Bonchev–Trinajstić information content (AvgIpc) is 3.08. The van der Waals surface area contributed by atoms with Crippen molar-refractivity contribution in [2.45, 2.75) is 39.7 Å². The van der Waals surface area contributed by atoms with Crippen LogP contribution in [0.5, 0.6) is 5.88 Å². The normalized spacial score (nSPS) is 17.4. The molecule has 0 N–H and O–H groups in total. The first-order valence-electron chi connectivity index (χ1n) is 10.8. The summed E-state index contributed by atoms with van der Waals surface area (Å²) in [7, 11) is 0. The highest BCUT2D eigenvalue weighted by atomic mass is 16.5. The lowest BCUT2D eigenvalue weighted by molar-refractivity contribution is -0.133. The number of ether oxygens (including phenoxy) is 1. The van der Waals surface area contributed by atoms with Gasteiger partial charge < -0.3 is 14.5 Å². The quantitative estimate of drug-likeness (QED) is 0.739. The van der Waals surface area contributed by atoms with Crippen LogP contribution in [0.25, 0.3) is 0 Å². The number of piperidine rings is 1. The van der Waals surface area contributed by atoms with Gasteiger partial charge in [0.1, 0.15) is 18.5 Å². The number of hydrogen-bond acceptors (Lipinski definition) is 5. The highest BCUT2D eigenvalue weighted by Gasteiger charge is 2.33. The molecule has 3 heterocycles. The van der Waals surface area contributed by atoms with E-state index < -0.39 is 0 Å². The molecular formula is C23H29N5O3. The molecule has 0 spiro atoms. The lowest BCUT2D eigenvalue weighted by atomic mass is 10.1. The van der Waals surface area contributed by atoms with Crippen molar-refractivity contribution in [3.8, 4) is 5.88 Å². The lowest BCUT2D eigenvalue weighted by Gasteiger charge is -2.33. The first-order chi connectivity index (χ1) is 14.9. The Kier molecular flexibility index (Phi) is 6.06. The fourth-order valence-electron chi connectivity index (χ4n) is 4.09. The predicted octanol–water partition coefficient (Wildman–Crippen LogP) is 2.71. The molecule has 0 aliphatic carbocycles. The van der Waals surface area contributed by atoms with Crippen LogP contribution >= 0.6 is 0 Å². The van der Waals surface area contributed by atoms with E-state index in [0.29, 0.717) is 37.9 Å². The molecule has 31 heavy (non-hydrogen) atoms. The van der Waals surface area contributed by atoms with Crippen molar-refractivity contribution in [3.63, 3.8) is 0 Å². The van der Waals surface area contributed by atoms with Crippen LogP contribution in [0.2, 0.25) is 0 Å². The topological polar surface area (TPSA) is 78.9 Å². The molecule has 0 bridgehead atoms. The number of carbonyl (C=O) groups excluding carboxylic acids is 2. The van der Waals surface area contributed by atoms with Crippen LogP contribution in [-0.4, -0.2) is 70.5 Å². The molecule has 8 nitrogen and oxygen atoms in total. The summed E-state index contributed by atoms with van der Waals surface area (Å²) < 4.78 is 6.01. The molecule has 4 rings (SSSR count). The lowest BCUT2D eigenvalue weighted by Crippen LogP contribution is -2.47. The van der Waals surface area contributed by atoms with Crippen molar-refractivity contribution in [1.29, 1.82) is 0 Å². The largest absolute Gasteiger partial charge is 0.474 e. The third-order valence-electron chi connectivity index (χ3n) is 5.79. The van der Waals surface area contributed by atoms with E-state index in [2.05, 4.69) is 9.97 Å². The molecule has 0 unspecified atom stereocenters. The van der Waals surface area contributed by atoms with Crippen molar-refractivity contribution in [2.24, 2.45) is 0 Å². The first kappa shape index (κ1) is 21.1. The van der Waals surface area contributed by atoms with Gasteiger partial charge in [-0.2, -0.15) is 4.98 Å². The summed E-state index contributed by atoms with van der Waals surface area (Å²) in [6.45, 7) is 8.31. The van der Waals surface area contributed by atoms with E-state index in [1.54, 1.807) is 9.80 Å². The number of nitrogens with zero attached hydrogens (tertiary/aromatic N) is 5. The van der Waals surface area contributed by atoms with Crippen LogP contribution in [0, 0.1) is 20.8 Å². The van der Waals surface area contributed by atoms with Crippen LogP contribution in [0.3, 0.4) is 0 Å². The third-order valence-corrected chi connectivity index (χ3v) is 5.79. The van der Waals surface area contributed by atoms with Crippen molar-refractivity contribution in [2.75, 3.05) is 37.6 Å². The number of rotatable bonds is 5. The number of aryl methyl sites for hydroxylation is 3. The molecule has 3 amide bonds. The Bertz CT molecular complexity index is 934. The SMILES string of the molecule is Cc1ccc(N2CCN(CC(=O)N3CCC(Oc4cc(C)nc(C)n4)CC3)C2=O)cc1.